The lowest BCUT2D eigenvalue weighted by Gasteiger charge is -2.16. The van der Waals surface area contributed by atoms with E-state index in [-0.39, 0.29) is 29.5 Å². The molecule has 11 nitrogen and oxygen atoms in total. The largest absolute Gasteiger partial charge is 0.481 e. The summed E-state index contributed by atoms with van der Waals surface area (Å²) in [6.07, 6.45) is 2.72. The van der Waals surface area contributed by atoms with E-state index in [0.29, 0.717) is 77.4 Å². The van der Waals surface area contributed by atoms with E-state index in [4.69, 9.17) is 32.9 Å². The van der Waals surface area contributed by atoms with Crippen LogP contribution in [0.15, 0.2) is 71.5 Å². The Balaban J connectivity index is 1.10. The van der Waals surface area contributed by atoms with Crippen molar-refractivity contribution in [2.75, 3.05) is 20.2 Å². The van der Waals surface area contributed by atoms with E-state index in [9.17, 15) is 14.4 Å². The lowest BCUT2D eigenvalue weighted by atomic mass is 9.96. The minimum atomic E-state index is -0.341. The summed E-state index contributed by atoms with van der Waals surface area (Å²) in [5.41, 5.74) is 5.58. The third-order valence-electron chi connectivity index (χ3n) is 9.33. The van der Waals surface area contributed by atoms with Gasteiger partial charge in [-0.05, 0) is 36.6 Å². The van der Waals surface area contributed by atoms with Crippen LogP contribution in [0.3, 0.4) is 0 Å². The highest BCUT2D eigenvalue weighted by Crippen LogP contribution is 2.42. The Kier molecular flexibility index (Phi) is 10.3. The number of methoxy groups -OCH3 is 1. The molecule has 7 rings (SSSR count). The van der Waals surface area contributed by atoms with Gasteiger partial charge in [-0.3, -0.25) is 14.4 Å². The molecule has 2 aromatic heterocycles. The monoisotopic (exact) mass is 725 g/mol. The van der Waals surface area contributed by atoms with E-state index in [0.717, 1.165) is 46.2 Å². The van der Waals surface area contributed by atoms with Crippen molar-refractivity contribution in [3.05, 3.63) is 98.5 Å². The van der Waals surface area contributed by atoms with Gasteiger partial charge >= 0.3 is 0 Å². The number of pyridine rings is 1. The van der Waals surface area contributed by atoms with Gasteiger partial charge in [-0.15, -0.1) is 0 Å². The van der Waals surface area contributed by atoms with E-state index < -0.39 is 0 Å². The molecule has 5 N–H and O–H groups in total. The van der Waals surface area contributed by atoms with E-state index in [2.05, 4.69) is 31.2 Å². The van der Waals surface area contributed by atoms with Crippen LogP contribution in [0.1, 0.15) is 37.1 Å². The molecule has 2 fully saturated rings. The molecule has 4 heterocycles. The lowest BCUT2D eigenvalue weighted by Crippen LogP contribution is -2.35. The third-order valence-corrected chi connectivity index (χ3v) is 10.1. The molecule has 0 radical (unpaired) electrons. The minimum absolute atomic E-state index is 0.0652. The molecule has 0 bridgehead atoms. The van der Waals surface area contributed by atoms with Gasteiger partial charge < -0.3 is 31.0 Å². The van der Waals surface area contributed by atoms with Crippen LogP contribution in [0.25, 0.3) is 44.4 Å². The summed E-state index contributed by atoms with van der Waals surface area (Å²) in [5, 5.41) is 14.0. The van der Waals surface area contributed by atoms with Crippen molar-refractivity contribution in [2.24, 2.45) is 0 Å². The Morgan fingerprint density at radius 3 is 2.04 bits per heavy atom. The Morgan fingerprint density at radius 2 is 1.39 bits per heavy atom. The van der Waals surface area contributed by atoms with Gasteiger partial charge in [-0.25, -0.2) is 4.98 Å². The number of nitrogens with one attached hydrogen (secondary N) is 5. The molecule has 0 unspecified atom stereocenters. The molecule has 2 amide bonds. The van der Waals surface area contributed by atoms with Crippen LogP contribution in [0, 0.1) is 0 Å². The molecule has 2 aliphatic heterocycles. The van der Waals surface area contributed by atoms with Crippen LogP contribution in [0.5, 0.6) is 5.88 Å². The molecule has 0 aliphatic carbocycles. The van der Waals surface area contributed by atoms with Gasteiger partial charge in [0.25, 0.3) is 5.56 Å². The minimum Gasteiger partial charge on any atom is -0.481 e. The zero-order valence-electron chi connectivity index (χ0n) is 27.9. The molecule has 5 aromatic rings. The summed E-state index contributed by atoms with van der Waals surface area (Å²) in [4.78, 5) is 48.4. The number of benzene rings is 3. The van der Waals surface area contributed by atoms with Gasteiger partial charge in [0.15, 0.2) is 0 Å². The first-order chi connectivity index (χ1) is 24.8. The number of nitrogens with zero attached hydrogens (tertiary/aromatic N) is 2. The lowest BCUT2D eigenvalue weighted by molar-refractivity contribution is -0.120. The molecule has 2 atom stereocenters. The molecule has 2 aliphatic rings. The number of aromatic amines is 1. The van der Waals surface area contributed by atoms with Crippen molar-refractivity contribution in [3.63, 3.8) is 0 Å². The van der Waals surface area contributed by atoms with E-state index >= 15 is 0 Å². The van der Waals surface area contributed by atoms with Crippen molar-refractivity contribution in [2.45, 2.75) is 50.9 Å². The number of ether oxygens (including phenoxy) is 1. The molecule has 0 saturated carbocycles. The van der Waals surface area contributed by atoms with Gasteiger partial charge in [0.2, 0.25) is 17.7 Å². The van der Waals surface area contributed by atoms with Crippen molar-refractivity contribution in [3.8, 4) is 39.4 Å². The van der Waals surface area contributed by atoms with E-state index in [1.807, 2.05) is 60.7 Å². The summed E-state index contributed by atoms with van der Waals surface area (Å²) in [7, 11) is 1.59. The topological polar surface area (TPSA) is 150 Å². The fourth-order valence-electron chi connectivity index (χ4n) is 6.69. The highest BCUT2D eigenvalue weighted by molar-refractivity contribution is 6.39. The molecular formula is C38H37Cl2N7O4. The Morgan fingerprint density at radius 1 is 0.765 bits per heavy atom. The maximum atomic E-state index is 13.1. The number of H-pyrrole nitrogens is 1. The van der Waals surface area contributed by atoms with Crippen molar-refractivity contribution < 1.29 is 14.3 Å². The standard InChI is InChI=1S/C38H37Cl2N7O4/c1-51-38-22(17-41-18-23-10-14-33(48)43-23)9-13-30(46-38)28-7-3-6-27(36(28)40)26-5-2-4-25(35(26)39)21-8-12-31-29(16-21)37(50)47-32(45-31)20-42-19-24-11-15-34(49)44-24/h2-9,12-13,16,23-24,41-42H,10-11,14-15,17-20H2,1H3,(H,43,48)(H,44,49)(H,45,47,50)/t23-,24+/m0/s1. The fourth-order valence-corrected chi connectivity index (χ4v) is 7.35. The van der Waals surface area contributed by atoms with Crippen LogP contribution in [-0.4, -0.2) is 59.0 Å². The number of amides is 2. The number of rotatable bonds is 12. The maximum Gasteiger partial charge on any atom is 0.280 e. The number of halogens is 2. The molecular weight excluding hydrogens is 689 g/mol. The quantitative estimate of drug-likeness (QED) is 0.115. The smallest absolute Gasteiger partial charge is 0.280 e. The van der Waals surface area contributed by atoms with Gasteiger partial charge in [0.05, 0.1) is 40.3 Å². The van der Waals surface area contributed by atoms with Gasteiger partial charge in [0, 0.05) is 72.4 Å². The number of hydrogen-bond donors (Lipinski definition) is 5. The Bertz CT molecular complexity index is 2190. The number of fused-ring (bicyclic) bond motifs is 1. The van der Waals surface area contributed by atoms with Gasteiger partial charge in [-0.1, -0.05) is 71.7 Å². The molecule has 0 spiro atoms. The maximum absolute atomic E-state index is 13.1. The van der Waals surface area contributed by atoms with Crippen LogP contribution in [0.2, 0.25) is 10.0 Å². The molecule has 51 heavy (non-hydrogen) atoms. The summed E-state index contributed by atoms with van der Waals surface area (Å²) >= 11 is 14.2. The zero-order chi connectivity index (χ0) is 35.5. The first-order valence-electron chi connectivity index (χ1n) is 16.9. The van der Waals surface area contributed by atoms with Crippen molar-refractivity contribution in [1.82, 2.24) is 36.2 Å². The van der Waals surface area contributed by atoms with Crippen LogP contribution < -0.4 is 31.6 Å². The average molecular weight is 727 g/mol. The van der Waals surface area contributed by atoms with Crippen molar-refractivity contribution >= 4 is 45.9 Å². The highest BCUT2D eigenvalue weighted by atomic mass is 35.5. The van der Waals surface area contributed by atoms with Crippen LogP contribution in [0.4, 0.5) is 0 Å². The SMILES string of the molecule is COc1nc(-c2cccc(-c3cccc(-c4ccc5[nH]c(CNC[C@H]6CCC(=O)N6)nc(=O)c5c4)c3Cl)c2Cl)ccc1CNC[C@@H]1CCC(=O)N1. The summed E-state index contributed by atoms with van der Waals surface area (Å²) < 4.78 is 5.64. The molecule has 2 saturated heterocycles. The summed E-state index contributed by atoms with van der Waals surface area (Å²) in [5.74, 6) is 1.16. The number of carbonyl (C=O) groups excluding carboxylic acids is 2. The van der Waals surface area contributed by atoms with Gasteiger partial charge in [0.1, 0.15) is 5.82 Å². The van der Waals surface area contributed by atoms with Crippen molar-refractivity contribution in [1.29, 1.82) is 0 Å². The third kappa shape index (κ3) is 7.62. The summed E-state index contributed by atoms with van der Waals surface area (Å²) in [6, 6.07) is 21.1. The Hall–Kier alpha value is -4.81. The summed E-state index contributed by atoms with van der Waals surface area (Å²) in [6.45, 7) is 2.18. The number of carbonyl (C=O) groups is 2. The van der Waals surface area contributed by atoms with E-state index in [1.54, 1.807) is 13.2 Å². The predicted molar refractivity (Wildman–Crippen MR) is 199 cm³/mol. The molecule has 262 valence electrons. The number of hydrogen-bond acceptors (Lipinski definition) is 8. The number of aromatic nitrogens is 3. The van der Waals surface area contributed by atoms with E-state index in [1.165, 1.54) is 0 Å². The second kappa shape index (κ2) is 15.2. The van der Waals surface area contributed by atoms with Crippen LogP contribution >= 0.6 is 23.2 Å². The molecule has 13 heteroatoms. The highest BCUT2D eigenvalue weighted by Gasteiger charge is 2.22. The zero-order valence-corrected chi connectivity index (χ0v) is 29.5. The first-order valence-corrected chi connectivity index (χ1v) is 17.7. The van der Waals surface area contributed by atoms with Crippen LogP contribution in [-0.2, 0) is 22.7 Å². The normalized spacial score (nSPS) is 17.2. The second-order valence-corrected chi connectivity index (χ2v) is 13.6. The van der Waals surface area contributed by atoms with Gasteiger partial charge in [-0.2, -0.15) is 4.98 Å². The fraction of sp³-hybridized carbons (Fsp3) is 0.289. The Labute approximate surface area is 304 Å². The first kappa shape index (κ1) is 34.6. The average Bonchev–Trinajstić information content (AvgIpc) is 3.75. The second-order valence-electron chi connectivity index (χ2n) is 12.8. The molecule has 3 aromatic carbocycles. The predicted octanol–water partition coefficient (Wildman–Crippen LogP) is 5.37.